The average Bonchev–Trinajstić information content (AvgIpc) is 3.23. The molecule has 154 valence electrons. The first-order valence-electron chi connectivity index (χ1n) is 9.95. The molecule has 0 aliphatic heterocycles. The van der Waals surface area contributed by atoms with E-state index >= 15 is 0 Å². The number of ether oxygens (including phenoxy) is 1. The Morgan fingerprint density at radius 3 is 2.84 bits per heavy atom. The van der Waals surface area contributed by atoms with Gasteiger partial charge < -0.3 is 14.6 Å². The lowest BCUT2D eigenvalue weighted by atomic mass is 10.1. The summed E-state index contributed by atoms with van der Waals surface area (Å²) < 4.78 is 21.6. The van der Waals surface area contributed by atoms with Crippen LogP contribution in [0.25, 0.3) is 39.0 Å². The van der Waals surface area contributed by atoms with E-state index in [1.54, 1.807) is 31.5 Å². The Hall–Kier alpha value is -3.84. The van der Waals surface area contributed by atoms with E-state index in [4.69, 9.17) is 9.72 Å². The Kier molecular flexibility index (Phi) is 5.01. The fourth-order valence-electron chi connectivity index (χ4n) is 3.63. The Morgan fingerprint density at radius 1 is 1.06 bits per heavy atom. The molecule has 0 aliphatic rings. The van der Waals surface area contributed by atoms with Gasteiger partial charge in [0.2, 0.25) is 0 Å². The number of rotatable bonds is 6. The molecule has 2 aromatic carbocycles. The topological polar surface area (TPSA) is 64.9 Å². The zero-order valence-corrected chi connectivity index (χ0v) is 16.9. The average molecular weight is 413 g/mol. The molecule has 0 amide bonds. The van der Waals surface area contributed by atoms with Gasteiger partial charge in [0.05, 0.1) is 23.2 Å². The summed E-state index contributed by atoms with van der Waals surface area (Å²) in [5, 5.41) is 5.20. The van der Waals surface area contributed by atoms with Crippen molar-refractivity contribution >= 4 is 27.5 Å². The summed E-state index contributed by atoms with van der Waals surface area (Å²) >= 11 is 0. The molecule has 0 spiro atoms. The van der Waals surface area contributed by atoms with Crippen LogP contribution in [0.3, 0.4) is 0 Å². The van der Waals surface area contributed by atoms with E-state index < -0.39 is 0 Å². The number of fused-ring (bicyclic) bond motifs is 2. The van der Waals surface area contributed by atoms with Crippen LogP contribution in [0.2, 0.25) is 0 Å². The molecule has 0 saturated heterocycles. The van der Waals surface area contributed by atoms with Crippen LogP contribution < -0.4 is 5.32 Å². The predicted octanol–water partition coefficient (Wildman–Crippen LogP) is 4.83. The highest BCUT2D eigenvalue weighted by Crippen LogP contribution is 2.30. The minimum absolute atomic E-state index is 0.344. The van der Waals surface area contributed by atoms with Crippen molar-refractivity contribution in [1.29, 1.82) is 0 Å². The Labute approximate surface area is 178 Å². The van der Waals surface area contributed by atoms with Gasteiger partial charge in [0.25, 0.3) is 0 Å². The van der Waals surface area contributed by atoms with E-state index in [2.05, 4.69) is 15.3 Å². The quantitative estimate of drug-likeness (QED) is 0.404. The fraction of sp³-hybridized carbons (Fsp3) is 0.125. The third-order valence-electron chi connectivity index (χ3n) is 5.14. The highest BCUT2D eigenvalue weighted by atomic mass is 19.1. The van der Waals surface area contributed by atoms with Gasteiger partial charge in [-0.3, -0.25) is 4.98 Å². The molecule has 0 fully saturated rings. The molecule has 31 heavy (non-hydrogen) atoms. The van der Waals surface area contributed by atoms with Crippen molar-refractivity contribution in [3.05, 3.63) is 79.0 Å². The van der Waals surface area contributed by atoms with Crippen LogP contribution >= 0.6 is 0 Å². The molecule has 5 rings (SSSR count). The first kappa shape index (κ1) is 19.1. The van der Waals surface area contributed by atoms with Gasteiger partial charge in [-0.25, -0.2) is 14.4 Å². The number of methoxy groups -OCH3 is 1. The lowest BCUT2D eigenvalue weighted by Crippen LogP contribution is -2.08. The lowest BCUT2D eigenvalue weighted by molar-refractivity contribution is 0.211. The summed E-state index contributed by atoms with van der Waals surface area (Å²) in [7, 11) is 1.67. The van der Waals surface area contributed by atoms with Crippen LogP contribution in [0.1, 0.15) is 0 Å². The van der Waals surface area contributed by atoms with Gasteiger partial charge in [0.1, 0.15) is 11.6 Å². The number of aromatic nitrogens is 4. The van der Waals surface area contributed by atoms with E-state index in [0.717, 1.165) is 27.5 Å². The summed E-state index contributed by atoms with van der Waals surface area (Å²) in [5.41, 5.74) is 3.00. The van der Waals surface area contributed by atoms with Crippen molar-refractivity contribution in [1.82, 2.24) is 19.5 Å². The van der Waals surface area contributed by atoms with Gasteiger partial charge in [-0.05, 0) is 42.5 Å². The monoisotopic (exact) mass is 413 g/mol. The fourth-order valence-corrected chi connectivity index (χ4v) is 3.63. The molecule has 0 unspecified atom stereocenters. The maximum Gasteiger partial charge on any atom is 0.165 e. The number of benzene rings is 2. The van der Waals surface area contributed by atoms with Gasteiger partial charge in [-0.2, -0.15) is 0 Å². The van der Waals surface area contributed by atoms with E-state index in [9.17, 15) is 4.39 Å². The molecule has 3 heterocycles. The number of anilines is 1. The summed E-state index contributed by atoms with van der Waals surface area (Å²) in [6.07, 6.45) is 5.51. The van der Waals surface area contributed by atoms with E-state index in [1.807, 2.05) is 47.3 Å². The standard InChI is InChI=1S/C24H20FN5O/c1-31-13-11-27-17-6-7-21-19(14-17)24(30-12-9-16-15-26-10-8-22(16)30)29-23(28-21)18-4-2-3-5-20(18)25/h2-10,12,14-15,27H,11,13H2,1H3. The highest BCUT2D eigenvalue weighted by molar-refractivity contribution is 5.92. The van der Waals surface area contributed by atoms with Crippen molar-refractivity contribution in [2.24, 2.45) is 0 Å². The maximum absolute atomic E-state index is 14.5. The van der Waals surface area contributed by atoms with Crippen molar-refractivity contribution in [2.75, 3.05) is 25.6 Å². The molecular formula is C24H20FN5O. The zero-order valence-electron chi connectivity index (χ0n) is 16.9. The summed E-state index contributed by atoms with van der Waals surface area (Å²) in [6.45, 7) is 1.28. The van der Waals surface area contributed by atoms with E-state index in [-0.39, 0.29) is 5.82 Å². The smallest absolute Gasteiger partial charge is 0.165 e. The van der Waals surface area contributed by atoms with Crippen LogP contribution in [0.4, 0.5) is 10.1 Å². The molecule has 0 radical (unpaired) electrons. The van der Waals surface area contributed by atoms with E-state index in [1.165, 1.54) is 6.07 Å². The predicted molar refractivity (Wildman–Crippen MR) is 120 cm³/mol. The molecule has 0 bridgehead atoms. The number of hydrogen-bond donors (Lipinski definition) is 1. The molecule has 6 nitrogen and oxygen atoms in total. The second-order valence-electron chi connectivity index (χ2n) is 7.12. The van der Waals surface area contributed by atoms with Crippen LogP contribution in [0, 0.1) is 5.82 Å². The Balaban J connectivity index is 1.74. The normalized spacial score (nSPS) is 11.3. The first-order valence-corrected chi connectivity index (χ1v) is 9.95. The summed E-state index contributed by atoms with van der Waals surface area (Å²) in [4.78, 5) is 13.7. The number of halogens is 1. The van der Waals surface area contributed by atoms with Crippen molar-refractivity contribution in [3.63, 3.8) is 0 Å². The number of hydrogen-bond acceptors (Lipinski definition) is 5. The van der Waals surface area contributed by atoms with E-state index in [0.29, 0.717) is 30.4 Å². The van der Waals surface area contributed by atoms with Crippen LogP contribution in [0.5, 0.6) is 0 Å². The number of pyridine rings is 1. The zero-order chi connectivity index (χ0) is 21.2. The van der Waals surface area contributed by atoms with Gasteiger partial charge in [-0.1, -0.05) is 12.1 Å². The first-order chi connectivity index (χ1) is 15.2. The van der Waals surface area contributed by atoms with Crippen LogP contribution in [0.15, 0.2) is 73.2 Å². The largest absolute Gasteiger partial charge is 0.383 e. The minimum Gasteiger partial charge on any atom is -0.383 e. The third kappa shape index (κ3) is 3.60. The lowest BCUT2D eigenvalue weighted by Gasteiger charge is -2.13. The summed E-state index contributed by atoms with van der Waals surface area (Å²) in [5.74, 6) is 0.670. The van der Waals surface area contributed by atoms with Gasteiger partial charge in [0, 0.05) is 48.7 Å². The Bertz CT molecular complexity index is 1380. The van der Waals surface area contributed by atoms with Crippen molar-refractivity contribution < 1.29 is 9.13 Å². The minimum atomic E-state index is -0.354. The second-order valence-corrected chi connectivity index (χ2v) is 7.12. The molecule has 5 aromatic rings. The van der Waals surface area contributed by atoms with Crippen molar-refractivity contribution in [2.45, 2.75) is 0 Å². The second kappa shape index (κ2) is 8.12. The van der Waals surface area contributed by atoms with Gasteiger partial charge in [0.15, 0.2) is 5.82 Å². The number of nitrogens with zero attached hydrogens (tertiary/aromatic N) is 4. The highest BCUT2D eigenvalue weighted by Gasteiger charge is 2.15. The molecule has 1 N–H and O–H groups in total. The third-order valence-corrected chi connectivity index (χ3v) is 5.14. The number of nitrogens with one attached hydrogen (secondary N) is 1. The van der Waals surface area contributed by atoms with Crippen LogP contribution in [-0.2, 0) is 4.74 Å². The molecule has 3 aromatic heterocycles. The Morgan fingerprint density at radius 2 is 1.97 bits per heavy atom. The maximum atomic E-state index is 14.5. The molecule has 7 heteroatoms. The van der Waals surface area contributed by atoms with Gasteiger partial charge >= 0.3 is 0 Å². The summed E-state index contributed by atoms with van der Waals surface area (Å²) in [6, 6.07) is 16.4. The molecule has 0 atom stereocenters. The SMILES string of the molecule is COCCNc1ccc2nc(-c3ccccc3F)nc(-n3ccc4cnccc43)c2c1. The van der Waals surface area contributed by atoms with Crippen LogP contribution in [-0.4, -0.2) is 39.8 Å². The molecular weight excluding hydrogens is 393 g/mol. The van der Waals surface area contributed by atoms with Crippen molar-refractivity contribution in [3.8, 4) is 17.2 Å². The molecule has 0 aliphatic carbocycles. The molecule has 0 saturated carbocycles. The van der Waals surface area contributed by atoms with Gasteiger partial charge in [-0.15, -0.1) is 0 Å².